The summed E-state index contributed by atoms with van der Waals surface area (Å²) in [5.41, 5.74) is 0.656. The van der Waals surface area contributed by atoms with Crippen molar-refractivity contribution in [2.45, 2.75) is 84.7 Å². The normalized spacial score (nSPS) is 29.1. The van der Waals surface area contributed by atoms with Gasteiger partial charge in [-0.15, -0.1) is 0 Å². The molecule has 0 aromatic carbocycles. The summed E-state index contributed by atoms with van der Waals surface area (Å²) >= 11 is 0. The summed E-state index contributed by atoms with van der Waals surface area (Å²) in [6.07, 6.45) is 9.06. The molecule has 1 aliphatic carbocycles. The Bertz CT molecular complexity index is 532. The molecule has 3 heterocycles. The molecule has 0 N–H and O–H groups in total. The van der Waals surface area contributed by atoms with E-state index >= 15 is 0 Å². The lowest BCUT2D eigenvalue weighted by molar-refractivity contribution is -0.145. The van der Waals surface area contributed by atoms with Crippen LogP contribution in [0.5, 0.6) is 0 Å². The van der Waals surface area contributed by atoms with Crippen molar-refractivity contribution in [2.75, 3.05) is 39.3 Å². The van der Waals surface area contributed by atoms with E-state index in [9.17, 15) is 4.79 Å². The molecular weight excluding hydrogens is 346 g/mol. The third-order valence-corrected chi connectivity index (χ3v) is 8.77. The summed E-state index contributed by atoms with van der Waals surface area (Å²) in [5.74, 6) is 2.40. The predicted octanol–water partition coefficient (Wildman–Crippen LogP) is 3.86. The lowest BCUT2D eigenvalue weighted by Crippen LogP contribution is -2.69. The molecule has 1 saturated carbocycles. The van der Waals surface area contributed by atoms with Gasteiger partial charge in [0.1, 0.15) is 0 Å². The second-order valence-electron chi connectivity index (χ2n) is 11.0. The second-order valence-corrected chi connectivity index (χ2v) is 11.0. The zero-order valence-electron chi connectivity index (χ0n) is 18.8. The Kier molecular flexibility index (Phi) is 6.09. The minimum Gasteiger partial charge on any atom is -0.342 e. The summed E-state index contributed by atoms with van der Waals surface area (Å²) in [5, 5.41) is 0. The van der Waals surface area contributed by atoms with Gasteiger partial charge < -0.3 is 9.80 Å². The van der Waals surface area contributed by atoms with Crippen molar-refractivity contribution in [1.82, 2.24) is 14.7 Å². The van der Waals surface area contributed by atoms with Gasteiger partial charge in [0.05, 0.1) is 0 Å². The summed E-state index contributed by atoms with van der Waals surface area (Å²) in [6.45, 7) is 16.3. The van der Waals surface area contributed by atoms with Crippen molar-refractivity contribution >= 4 is 5.91 Å². The molecule has 1 unspecified atom stereocenters. The Morgan fingerprint density at radius 2 is 1.50 bits per heavy atom. The van der Waals surface area contributed by atoms with Crippen molar-refractivity contribution in [2.24, 2.45) is 23.2 Å². The van der Waals surface area contributed by atoms with E-state index in [1.54, 1.807) is 0 Å². The number of carbonyl (C=O) groups is 1. The van der Waals surface area contributed by atoms with Gasteiger partial charge in [0.15, 0.2) is 0 Å². The SMILES string of the molecule is CCC(C)C(=O)N1CCC(N2CC3(CC(N4CCC(C(C)C)CC4)C3)C2)CC1. The van der Waals surface area contributed by atoms with Crippen LogP contribution >= 0.6 is 0 Å². The Morgan fingerprint density at radius 1 is 0.893 bits per heavy atom. The average molecular weight is 390 g/mol. The van der Waals surface area contributed by atoms with Crippen LogP contribution in [0.25, 0.3) is 0 Å². The minimum absolute atomic E-state index is 0.196. The number of rotatable bonds is 5. The van der Waals surface area contributed by atoms with E-state index in [0.717, 1.165) is 43.4 Å². The van der Waals surface area contributed by atoms with Crippen LogP contribution < -0.4 is 0 Å². The first-order valence-corrected chi connectivity index (χ1v) is 12.2. The molecule has 4 fully saturated rings. The fraction of sp³-hybridized carbons (Fsp3) is 0.958. The van der Waals surface area contributed by atoms with Crippen molar-refractivity contribution in [3.63, 3.8) is 0 Å². The van der Waals surface area contributed by atoms with Crippen LogP contribution in [-0.2, 0) is 4.79 Å². The standard InChI is InChI=1S/C24H43N3O/c1-5-19(4)23(28)26-12-8-21(9-13-26)27-16-24(17-27)14-22(15-24)25-10-6-20(7-11-25)18(2)3/h18-22H,5-17H2,1-4H3. The second kappa shape index (κ2) is 8.26. The number of hydrogen-bond donors (Lipinski definition) is 0. The Labute approximate surface area is 173 Å². The lowest BCUT2D eigenvalue weighted by Gasteiger charge is -2.63. The van der Waals surface area contributed by atoms with Crippen LogP contribution in [0.2, 0.25) is 0 Å². The smallest absolute Gasteiger partial charge is 0.225 e. The number of piperidine rings is 2. The van der Waals surface area contributed by atoms with Crippen molar-refractivity contribution in [3.05, 3.63) is 0 Å². The summed E-state index contributed by atoms with van der Waals surface area (Å²) in [6, 6.07) is 1.61. The molecule has 1 atom stereocenters. The van der Waals surface area contributed by atoms with E-state index in [2.05, 4.69) is 42.4 Å². The van der Waals surface area contributed by atoms with Gasteiger partial charge in [-0.1, -0.05) is 27.7 Å². The molecule has 0 aromatic heterocycles. The third kappa shape index (κ3) is 4.01. The van der Waals surface area contributed by atoms with Crippen LogP contribution in [0, 0.1) is 23.2 Å². The zero-order valence-corrected chi connectivity index (χ0v) is 18.8. The predicted molar refractivity (Wildman–Crippen MR) is 115 cm³/mol. The topological polar surface area (TPSA) is 26.8 Å². The van der Waals surface area contributed by atoms with Crippen molar-refractivity contribution in [1.29, 1.82) is 0 Å². The lowest BCUT2D eigenvalue weighted by atomic mass is 9.59. The molecule has 0 aromatic rings. The van der Waals surface area contributed by atoms with E-state index in [0.29, 0.717) is 11.3 Å². The molecule has 160 valence electrons. The number of hydrogen-bond acceptors (Lipinski definition) is 3. The number of amides is 1. The van der Waals surface area contributed by atoms with Gasteiger partial charge in [-0.2, -0.15) is 0 Å². The van der Waals surface area contributed by atoms with Crippen LogP contribution in [0.3, 0.4) is 0 Å². The first-order chi connectivity index (χ1) is 13.4. The fourth-order valence-corrected chi connectivity index (χ4v) is 6.42. The van der Waals surface area contributed by atoms with Crippen LogP contribution in [0.1, 0.15) is 72.6 Å². The van der Waals surface area contributed by atoms with E-state index < -0.39 is 0 Å². The molecule has 4 heteroatoms. The van der Waals surface area contributed by atoms with Crippen LogP contribution in [0.15, 0.2) is 0 Å². The molecular formula is C24H43N3O. The summed E-state index contributed by atoms with van der Waals surface area (Å²) in [7, 11) is 0. The van der Waals surface area contributed by atoms with Crippen LogP contribution in [0.4, 0.5) is 0 Å². The van der Waals surface area contributed by atoms with Gasteiger partial charge in [-0.25, -0.2) is 0 Å². The number of likely N-dealkylation sites (tertiary alicyclic amines) is 3. The molecule has 0 radical (unpaired) electrons. The molecule has 3 saturated heterocycles. The monoisotopic (exact) mass is 389 g/mol. The largest absolute Gasteiger partial charge is 0.342 e. The maximum atomic E-state index is 12.4. The van der Waals surface area contributed by atoms with E-state index in [1.165, 1.54) is 64.7 Å². The highest BCUT2D eigenvalue weighted by Gasteiger charge is 2.55. The first-order valence-electron chi connectivity index (χ1n) is 12.2. The zero-order chi connectivity index (χ0) is 19.9. The van der Waals surface area contributed by atoms with Crippen LogP contribution in [-0.4, -0.2) is 72.0 Å². The van der Waals surface area contributed by atoms with Gasteiger partial charge in [-0.3, -0.25) is 9.69 Å². The highest BCUT2D eigenvalue weighted by Crippen LogP contribution is 2.52. The number of nitrogens with zero attached hydrogens (tertiary/aromatic N) is 3. The number of carbonyl (C=O) groups excluding carboxylic acids is 1. The summed E-state index contributed by atoms with van der Waals surface area (Å²) < 4.78 is 0. The molecule has 28 heavy (non-hydrogen) atoms. The minimum atomic E-state index is 0.196. The molecule has 1 amide bonds. The molecule has 1 spiro atoms. The van der Waals surface area contributed by atoms with E-state index in [4.69, 9.17) is 0 Å². The van der Waals surface area contributed by atoms with Crippen molar-refractivity contribution < 1.29 is 4.79 Å². The Balaban J connectivity index is 1.15. The average Bonchev–Trinajstić information content (AvgIpc) is 2.65. The quantitative estimate of drug-likeness (QED) is 0.714. The highest BCUT2D eigenvalue weighted by atomic mass is 16.2. The third-order valence-electron chi connectivity index (χ3n) is 8.77. The molecule has 4 nitrogen and oxygen atoms in total. The fourth-order valence-electron chi connectivity index (χ4n) is 6.42. The van der Waals surface area contributed by atoms with E-state index in [-0.39, 0.29) is 5.92 Å². The van der Waals surface area contributed by atoms with Gasteiger partial charge in [0.25, 0.3) is 0 Å². The highest BCUT2D eigenvalue weighted by molar-refractivity contribution is 5.78. The van der Waals surface area contributed by atoms with Gasteiger partial charge >= 0.3 is 0 Å². The molecule has 4 aliphatic rings. The summed E-state index contributed by atoms with van der Waals surface area (Å²) in [4.78, 5) is 20.1. The van der Waals surface area contributed by atoms with Gasteiger partial charge in [0, 0.05) is 44.2 Å². The maximum Gasteiger partial charge on any atom is 0.225 e. The molecule has 3 aliphatic heterocycles. The van der Waals surface area contributed by atoms with Gasteiger partial charge in [-0.05, 0) is 75.3 Å². The van der Waals surface area contributed by atoms with E-state index in [1.807, 2.05) is 0 Å². The first kappa shape index (κ1) is 20.7. The molecule has 4 rings (SSSR count). The maximum absolute atomic E-state index is 12.4. The van der Waals surface area contributed by atoms with Gasteiger partial charge in [0.2, 0.25) is 5.91 Å². The Hall–Kier alpha value is -0.610. The van der Waals surface area contributed by atoms with Crippen molar-refractivity contribution in [3.8, 4) is 0 Å². The molecule has 0 bridgehead atoms. The Morgan fingerprint density at radius 3 is 2.04 bits per heavy atom.